The number of nitrogens with one attached hydrogen (secondary N) is 1. The molecule has 2 N–H and O–H groups in total. The van der Waals surface area contributed by atoms with Crippen molar-refractivity contribution in [3.05, 3.63) is 84.1 Å². The minimum Gasteiger partial charge on any atom is -0.389 e. The van der Waals surface area contributed by atoms with E-state index in [0.717, 1.165) is 29.8 Å². The van der Waals surface area contributed by atoms with Crippen LogP contribution < -0.4 is 5.32 Å². The number of aliphatic hydroxyl groups excluding tert-OH is 1. The molecular weight excluding hydrogens is 471 g/mol. The summed E-state index contributed by atoms with van der Waals surface area (Å²) < 4.78 is 42.8. The van der Waals surface area contributed by atoms with Crippen molar-refractivity contribution >= 4 is 22.5 Å². The number of pyridine rings is 2. The first-order valence-corrected chi connectivity index (χ1v) is 11.0. The average Bonchev–Trinajstić information content (AvgIpc) is 3.28. The first kappa shape index (κ1) is 23.4. The Hall–Kier alpha value is -4.38. The van der Waals surface area contributed by atoms with Gasteiger partial charge in [-0.05, 0) is 56.3 Å². The Balaban J connectivity index is 1.57. The van der Waals surface area contributed by atoms with E-state index < -0.39 is 17.8 Å². The van der Waals surface area contributed by atoms with Crippen LogP contribution in [0.4, 0.5) is 24.7 Å². The molecule has 5 aromatic rings. The number of aromatic nitrogens is 6. The van der Waals surface area contributed by atoms with Gasteiger partial charge in [0.1, 0.15) is 12.1 Å². The minimum atomic E-state index is -4.61. The van der Waals surface area contributed by atoms with Gasteiger partial charge in [-0.2, -0.15) is 18.3 Å². The molecule has 0 saturated heterocycles. The Kier molecular flexibility index (Phi) is 5.84. The fourth-order valence-electron chi connectivity index (χ4n) is 3.86. The smallest absolute Gasteiger partial charge is 0.389 e. The zero-order chi connectivity index (χ0) is 25.4. The van der Waals surface area contributed by atoms with Crippen LogP contribution in [0.15, 0.2) is 67.3 Å². The summed E-state index contributed by atoms with van der Waals surface area (Å²) in [5.74, 6) is 0.926. The Morgan fingerprint density at radius 1 is 1.03 bits per heavy atom. The molecule has 0 aliphatic rings. The Bertz CT molecular complexity index is 1550. The van der Waals surface area contributed by atoms with Crippen molar-refractivity contribution in [2.75, 3.05) is 5.32 Å². The summed E-state index contributed by atoms with van der Waals surface area (Å²) in [6.45, 7) is 3.32. The van der Waals surface area contributed by atoms with Crippen LogP contribution in [0.25, 0.3) is 28.1 Å². The second-order valence-electron chi connectivity index (χ2n) is 8.21. The van der Waals surface area contributed by atoms with E-state index in [4.69, 9.17) is 0 Å². The summed E-state index contributed by atoms with van der Waals surface area (Å²) in [6.07, 6.45) is -1.92. The van der Waals surface area contributed by atoms with Crippen molar-refractivity contribution in [2.24, 2.45) is 0 Å². The van der Waals surface area contributed by atoms with Crippen LogP contribution in [0.2, 0.25) is 0 Å². The van der Waals surface area contributed by atoms with Gasteiger partial charge in [0, 0.05) is 29.2 Å². The SMILES string of the molecule is Cc1ccc(Nc2ccc3c(c2)ncn3-c2ccc(C(C)O)c(-c3cnccc3C(F)(F)F)n2)nn1. The van der Waals surface area contributed by atoms with Crippen molar-refractivity contribution in [1.82, 2.24) is 29.7 Å². The van der Waals surface area contributed by atoms with Gasteiger partial charge in [-0.25, -0.2) is 9.97 Å². The van der Waals surface area contributed by atoms with Crippen molar-refractivity contribution in [3.63, 3.8) is 0 Å². The molecular formula is C25H20F3N7O. The number of nitrogens with zero attached hydrogens (tertiary/aromatic N) is 6. The van der Waals surface area contributed by atoms with Gasteiger partial charge in [0.25, 0.3) is 0 Å². The van der Waals surface area contributed by atoms with E-state index in [0.29, 0.717) is 22.7 Å². The number of fused-ring (bicyclic) bond motifs is 1. The van der Waals surface area contributed by atoms with E-state index in [2.05, 4.69) is 30.5 Å². The van der Waals surface area contributed by atoms with Gasteiger partial charge in [0.15, 0.2) is 5.82 Å². The Morgan fingerprint density at radius 2 is 1.86 bits per heavy atom. The summed E-state index contributed by atoms with van der Waals surface area (Å²) in [6, 6.07) is 13.2. The normalized spacial score (nSPS) is 12.6. The molecule has 11 heteroatoms. The highest BCUT2D eigenvalue weighted by Gasteiger charge is 2.35. The molecule has 0 bridgehead atoms. The summed E-state index contributed by atoms with van der Waals surface area (Å²) in [5, 5.41) is 21.5. The van der Waals surface area contributed by atoms with Crippen molar-refractivity contribution < 1.29 is 18.3 Å². The highest BCUT2D eigenvalue weighted by Crippen LogP contribution is 2.38. The number of aryl methyl sites for hydroxylation is 1. The van der Waals surface area contributed by atoms with Gasteiger partial charge in [-0.15, -0.1) is 5.10 Å². The van der Waals surface area contributed by atoms with Crippen LogP contribution in [0, 0.1) is 6.92 Å². The molecule has 0 aliphatic heterocycles. The molecule has 0 spiro atoms. The van der Waals surface area contributed by atoms with Gasteiger partial charge in [-0.1, -0.05) is 6.07 Å². The molecule has 1 atom stereocenters. The average molecular weight is 491 g/mol. The highest BCUT2D eigenvalue weighted by atomic mass is 19.4. The van der Waals surface area contributed by atoms with Crippen LogP contribution in [0.5, 0.6) is 0 Å². The van der Waals surface area contributed by atoms with E-state index in [1.54, 1.807) is 23.0 Å². The summed E-state index contributed by atoms with van der Waals surface area (Å²) in [5.41, 5.74) is 2.05. The fraction of sp³-hybridized carbons (Fsp3) is 0.160. The predicted octanol–water partition coefficient (Wildman–Crippen LogP) is 5.40. The number of imidazole rings is 1. The van der Waals surface area contributed by atoms with Crippen LogP contribution in [0.1, 0.15) is 29.8 Å². The standard InChI is InChI=1S/C25H20F3N7O/c1-14-3-7-22(34-33-14)31-16-4-6-21-20(11-16)30-13-35(21)23-8-5-17(15(2)36)24(32-23)18-12-29-10-9-19(18)25(26,27)28/h3-13,15,36H,1-2H3,(H,31,34). The molecule has 0 radical (unpaired) electrons. The zero-order valence-electron chi connectivity index (χ0n) is 19.2. The molecule has 1 aromatic carbocycles. The summed E-state index contributed by atoms with van der Waals surface area (Å²) >= 11 is 0. The molecule has 182 valence electrons. The largest absolute Gasteiger partial charge is 0.417 e. The van der Waals surface area contributed by atoms with Crippen molar-refractivity contribution in [3.8, 4) is 17.1 Å². The first-order chi connectivity index (χ1) is 17.2. The van der Waals surface area contributed by atoms with Gasteiger partial charge in [0.2, 0.25) is 0 Å². The molecule has 8 nitrogen and oxygen atoms in total. The molecule has 36 heavy (non-hydrogen) atoms. The third-order valence-electron chi connectivity index (χ3n) is 5.61. The van der Waals surface area contributed by atoms with Gasteiger partial charge < -0.3 is 10.4 Å². The number of anilines is 2. The number of benzene rings is 1. The van der Waals surface area contributed by atoms with Crippen molar-refractivity contribution in [1.29, 1.82) is 0 Å². The van der Waals surface area contributed by atoms with Crippen molar-refractivity contribution in [2.45, 2.75) is 26.1 Å². The lowest BCUT2D eigenvalue weighted by Crippen LogP contribution is -2.10. The number of rotatable bonds is 5. The molecule has 0 fully saturated rings. The number of halogens is 3. The zero-order valence-corrected chi connectivity index (χ0v) is 19.2. The maximum absolute atomic E-state index is 13.7. The summed E-state index contributed by atoms with van der Waals surface area (Å²) in [7, 11) is 0. The molecule has 0 amide bonds. The number of alkyl halides is 3. The highest BCUT2D eigenvalue weighted by molar-refractivity contribution is 5.82. The van der Waals surface area contributed by atoms with Crippen LogP contribution in [-0.4, -0.2) is 34.8 Å². The first-order valence-electron chi connectivity index (χ1n) is 11.0. The van der Waals surface area contributed by atoms with Crippen LogP contribution >= 0.6 is 0 Å². The fourth-order valence-corrected chi connectivity index (χ4v) is 3.86. The third-order valence-corrected chi connectivity index (χ3v) is 5.61. The Labute approximate surface area is 203 Å². The van der Waals surface area contributed by atoms with E-state index in [1.807, 2.05) is 37.3 Å². The van der Waals surface area contributed by atoms with Gasteiger partial charge in [0.05, 0.1) is 34.1 Å². The maximum Gasteiger partial charge on any atom is 0.417 e. The van der Waals surface area contributed by atoms with Crippen LogP contribution in [0.3, 0.4) is 0 Å². The summed E-state index contributed by atoms with van der Waals surface area (Å²) in [4.78, 5) is 12.8. The van der Waals surface area contributed by atoms with Gasteiger partial charge >= 0.3 is 6.18 Å². The lowest BCUT2D eigenvalue weighted by Gasteiger charge is -2.17. The topological polar surface area (TPSA) is 102 Å². The second-order valence-corrected chi connectivity index (χ2v) is 8.21. The number of hydrogen-bond acceptors (Lipinski definition) is 7. The minimum absolute atomic E-state index is 0.000933. The van der Waals surface area contributed by atoms with E-state index >= 15 is 0 Å². The lowest BCUT2D eigenvalue weighted by molar-refractivity contribution is -0.137. The quantitative estimate of drug-likeness (QED) is 0.340. The van der Waals surface area contributed by atoms with E-state index in [1.165, 1.54) is 6.92 Å². The number of hydrogen-bond donors (Lipinski definition) is 2. The molecule has 4 aromatic heterocycles. The Morgan fingerprint density at radius 3 is 2.58 bits per heavy atom. The maximum atomic E-state index is 13.7. The predicted molar refractivity (Wildman–Crippen MR) is 128 cm³/mol. The van der Waals surface area contributed by atoms with E-state index in [-0.39, 0.29) is 16.8 Å². The van der Waals surface area contributed by atoms with E-state index in [9.17, 15) is 18.3 Å². The molecule has 1 unspecified atom stereocenters. The van der Waals surface area contributed by atoms with Crippen LogP contribution in [-0.2, 0) is 6.18 Å². The lowest BCUT2D eigenvalue weighted by atomic mass is 9.99. The third kappa shape index (κ3) is 4.48. The molecule has 4 heterocycles. The monoisotopic (exact) mass is 491 g/mol. The van der Waals surface area contributed by atoms with Gasteiger partial charge in [-0.3, -0.25) is 9.55 Å². The number of aliphatic hydroxyl groups is 1. The molecule has 0 aliphatic carbocycles. The molecule has 0 saturated carbocycles. The second kappa shape index (κ2) is 9.00. The molecule has 5 rings (SSSR count).